The van der Waals surface area contributed by atoms with Gasteiger partial charge in [-0.1, -0.05) is 18.9 Å². The van der Waals surface area contributed by atoms with Crippen molar-refractivity contribution < 1.29 is 17.5 Å². The third-order valence-electron chi connectivity index (χ3n) is 4.53. The Morgan fingerprint density at radius 3 is 2.70 bits per heavy atom. The monoisotopic (exact) mass is 298 g/mol. The highest BCUT2D eigenvalue weighted by Gasteiger charge is 2.44. The van der Waals surface area contributed by atoms with Crippen LogP contribution in [0.1, 0.15) is 38.5 Å². The highest BCUT2D eigenvalue weighted by molar-refractivity contribution is 7.92. The average Bonchev–Trinajstić information content (AvgIpc) is 2.87. The van der Waals surface area contributed by atoms with Crippen LogP contribution in [0, 0.1) is 5.82 Å². The first kappa shape index (κ1) is 14.0. The highest BCUT2D eigenvalue weighted by atomic mass is 32.2. The standard InChI is InChI=1S/C15H19FO3S/c16-12-4-3-5-13(10-12)20(17,18)14-6-9-19-15(11-14)7-1-2-8-15/h3-5,10,14H,1-2,6-9,11H2. The third-order valence-corrected chi connectivity index (χ3v) is 6.72. The van der Waals surface area contributed by atoms with Crippen molar-refractivity contribution >= 4 is 9.84 Å². The van der Waals surface area contributed by atoms with Gasteiger partial charge in [0.2, 0.25) is 0 Å². The predicted molar refractivity (Wildman–Crippen MR) is 73.8 cm³/mol. The Labute approximate surface area is 119 Å². The molecule has 0 amide bonds. The van der Waals surface area contributed by atoms with Crippen molar-refractivity contribution in [1.82, 2.24) is 0 Å². The van der Waals surface area contributed by atoms with Crippen LogP contribution in [-0.2, 0) is 14.6 Å². The predicted octanol–water partition coefficient (Wildman–Crippen LogP) is 3.09. The fraction of sp³-hybridized carbons (Fsp3) is 0.600. The summed E-state index contributed by atoms with van der Waals surface area (Å²) in [7, 11) is -3.47. The molecule has 1 aliphatic heterocycles. The van der Waals surface area contributed by atoms with Gasteiger partial charge in [-0.05, 0) is 43.9 Å². The summed E-state index contributed by atoms with van der Waals surface area (Å²) in [6.45, 7) is 0.485. The maximum absolute atomic E-state index is 13.3. The van der Waals surface area contributed by atoms with Gasteiger partial charge < -0.3 is 4.74 Å². The third kappa shape index (κ3) is 2.49. The van der Waals surface area contributed by atoms with Crippen molar-refractivity contribution in [3.8, 4) is 0 Å². The van der Waals surface area contributed by atoms with Crippen molar-refractivity contribution in [2.45, 2.75) is 54.3 Å². The molecule has 1 saturated heterocycles. The molecule has 3 nitrogen and oxygen atoms in total. The molecule has 1 heterocycles. The van der Waals surface area contributed by atoms with E-state index in [1.54, 1.807) is 0 Å². The van der Waals surface area contributed by atoms with Crippen molar-refractivity contribution in [1.29, 1.82) is 0 Å². The molecule has 0 bridgehead atoms. The molecule has 2 fully saturated rings. The molecular formula is C15H19FO3S. The summed E-state index contributed by atoms with van der Waals surface area (Å²) in [5, 5.41) is -0.448. The Hall–Kier alpha value is -0.940. The molecule has 1 spiro atoms. The quantitative estimate of drug-likeness (QED) is 0.842. The van der Waals surface area contributed by atoms with Gasteiger partial charge in [-0.15, -0.1) is 0 Å². The van der Waals surface area contributed by atoms with Crippen molar-refractivity contribution in [2.75, 3.05) is 6.61 Å². The number of hydrogen-bond acceptors (Lipinski definition) is 3. The molecule has 1 unspecified atom stereocenters. The van der Waals surface area contributed by atoms with Crippen LogP contribution in [0.4, 0.5) is 4.39 Å². The zero-order valence-electron chi connectivity index (χ0n) is 11.3. The molecule has 110 valence electrons. The van der Waals surface area contributed by atoms with Crippen LogP contribution in [0.15, 0.2) is 29.2 Å². The number of rotatable bonds is 2. The van der Waals surface area contributed by atoms with E-state index in [1.807, 2.05) is 0 Å². The maximum atomic E-state index is 13.3. The van der Waals surface area contributed by atoms with E-state index >= 15 is 0 Å². The number of halogens is 1. The summed E-state index contributed by atoms with van der Waals surface area (Å²) < 4.78 is 44.5. The van der Waals surface area contributed by atoms with Crippen LogP contribution in [0.3, 0.4) is 0 Å². The lowest BCUT2D eigenvalue weighted by atomic mass is 9.92. The molecular weight excluding hydrogens is 279 g/mol. The lowest BCUT2D eigenvalue weighted by Crippen LogP contribution is -2.42. The second-order valence-electron chi connectivity index (χ2n) is 5.86. The first-order valence-corrected chi connectivity index (χ1v) is 8.70. The second-order valence-corrected chi connectivity index (χ2v) is 8.08. The van der Waals surface area contributed by atoms with Crippen LogP contribution >= 0.6 is 0 Å². The largest absolute Gasteiger partial charge is 0.375 e. The van der Waals surface area contributed by atoms with Gasteiger partial charge in [-0.3, -0.25) is 0 Å². The van der Waals surface area contributed by atoms with E-state index in [9.17, 15) is 12.8 Å². The number of hydrogen-bond donors (Lipinski definition) is 0. The average molecular weight is 298 g/mol. The van der Waals surface area contributed by atoms with Crippen LogP contribution in [-0.4, -0.2) is 25.9 Å². The van der Waals surface area contributed by atoms with E-state index in [1.165, 1.54) is 18.2 Å². The molecule has 0 radical (unpaired) electrons. The van der Waals surface area contributed by atoms with Gasteiger partial charge in [0.1, 0.15) is 5.82 Å². The summed E-state index contributed by atoms with van der Waals surface area (Å²) in [4.78, 5) is 0.0950. The number of sulfone groups is 1. The molecule has 1 saturated carbocycles. The topological polar surface area (TPSA) is 43.4 Å². The minimum Gasteiger partial charge on any atom is -0.375 e. The summed E-state index contributed by atoms with van der Waals surface area (Å²) in [6.07, 6.45) is 5.15. The van der Waals surface area contributed by atoms with E-state index in [2.05, 4.69) is 0 Å². The lowest BCUT2D eigenvalue weighted by molar-refractivity contribution is -0.0713. The Bertz CT molecular complexity index is 591. The number of benzene rings is 1. The van der Waals surface area contributed by atoms with Gasteiger partial charge in [0.15, 0.2) is 9.84 Å². The Morgan fingerprint density at radius 1 is 1.25 bits per heavy atom. The SMILES string of the molecule is O=S(=O)(c1cccc(F)c1)C1CCOC2(CCCC2)C1. The fourth-order valence-corrected chi connectivity index (χ4v) is 5.31. The Kier molecular flexibility index (Phi) is 3.58. The molecule has 1 atom stereocenters. The van der Waals surface area contributed by atoms with Crippen LogP contribution in [0.2, 0.25) is 0 Å². The molecule has 20 heavy (non-hydrogen) atoms. The normalized spacial score (nSPS) is 25.9. The first-order chi connectivity index (χ1) is 9.52. The zero-order valence-corrected chi connectivity index (χ0v) is 12.2. The van der Waals surface area contributed by atoms with E-state index in [4.69, 9.17) is 4.74 Å². The van der Waals surface area contributed by atoms with Gasteiger partial charge in [0.25, 0.3) is 0 Å². The zero-order chi connectivity index (χ0) is 14.2. The van der Waals surface area contributed by atoms with E-state index in [0.29, 0.717) is 19.4 Å². The smallest absolute Gasteiger partial charge is 0.181 e. The van der Waals surface area contributed by atoms with Crippen LogP contribution < -0.4 is 0 Å². The minimum atomic E-state index is -3.47. The summed E-state index contributed by atoms with van der Waals surface area (Å²) in [6, 6.07) is 5.32. The molecule has 0 aromatic heterocycles. The number of ether oxygens (including phenoxy) is 1. The first-order valence-electron chi connectivity index (χ1n) is 7.15. The summed E-state index contributed by atoms with van der Waals surface area (Å²) >= 11 is 0. The molecule has 0 N–H and O–H groups in total. The van der Waals surface area contributed by atoms with Gasteiger partial charge in [-0.2, -0.15) is 0 Å². The van der Waals surface area contributed by atoms with E-state index in [0.717, 1.165) is 31.7 Å². The van der Waals surface area contributed by atoms with Crippen LogP contribution in [0.5, 0.6) is 0 Å². The van der Waals surface area contributed by atoms with E-state index < -0.39 is 20.9 Å². The van der Waals surface area contributed by atoms with Crippen molar-refractivity contribution in [2.24, 2.45) is 0 Å². The van der Waals surface area contributed by atoms with E-state index in [-0.39, 0.29) is 10.5 Å². The van der Waals surface area contributed by atoms with Gasteiger partial charge in [0, 0.05) is 6.61 Å². The van der Waals surface area contributed by atoms with Crippen molar-refractivity contribution in [3.63, 3.8) is 0 Å². The maximum Gasteiger partial charge on any atom is 0.181 e. The lowest BCUT2D eigenvalue weighted by Gasteiger charge is -2.37. The molecule has 1 aromatic rings. The van der Waals surface area contributed by atoms with Gasteiger partial charge >= 0.3 is 0 Å². The highest BCUT2D eigenvalue weighted by Crippen LogP contribution is 2.42. The van der Waals surface area contributed by atoms with Gasteiger partial charge in [0.05, 0.1) is 15.7 Å². The molecule has 5 heteroatoms. The Balaban J connectivity index is 1.87. The summed E-state index contributed by atoms with van der Waals surface area (Å²) in [5.41, 5.74) is -0.247. The minimum absolute atomic E-state index is 0.0950. The molecule has 3 rings (SSSR count). The van der Waals surface area contributed by atoms with Crippen LogP contribution in [0.25, 0.3) is 0 Å². The second kappa shape index (κ2) is 5.11. The Morgan fingerprint density at radius 2 is 2.00 bits per heavy atom. The summed E-state index contributed by atoms with van der Waals surface area (Å²) in [5.74, 6) is -0.506. The molecule has 2 aliphatic rings. The van der Waals surface area contributed by atoms with Crippen molar-refractivity contribution in [3.05, 3.63) is 30.1 Å². The fourth-order valence-electron chi connectivity index (χ4n) is 3.45. The molecule has 1 aromatic carbocycles. The molecule has 1 aliphatic carbocycles. The van der Waals surface area contributed by atoms with Gasteiger partial charge in [-0.25, -0.2) is 12.8 Å².